The quantitative estimate of drug-likeness (QED) is 0.234. The average Bonchev–Trinajstić information content (AvgIpc) is 2.74. The standard InChI is InChI=1S/C22H39N5O5/c1-3-31-20(29)18(27-22(30)32-4-2)12-14-8-10-16(11-9-14)25-19(28)15-6-5-7-17(13-15)26-21(23)24/h14-18H,3-13H2,1-2H3,(H,25,28)(H,27,30)(H4,23,24,26). The molecule has 10 nitrogen and oxygen atoms in total. The number of nitrogens with one attached hydrogen (secondary N) is 2. The van der Waals surface area contributed by atoms with E-state index in [2.05, 4.69) is 15.6 Å². The Balaban J connectivity index is 1.80. The summed E-state index contributed by atoms with van der Waals surface area (Å²) < 4.78 is 10.0. The predicted molar refractivity (Wildman–Crippen MR) is 121 cm³/mol. The Labute approximate surface area is 190 Å². The lowest BCUT2D eigenvalue weighted by molar-refractivity contribution is -0.146. The molecule has 0 aromatic carbocycles. The number of rotatable bonds is 9. The van der Waals surface area contributed by atoms with Crippen molar-refractivity contribution < 1.29 is 23.9 Å². The van der Waals surface area contributed by atoms with Gasteiger partial charge in [-0.3, -0.25) is 9.79 Å². The minimum Gasteiger partial charge on any atom is -0.464 e. The number of aliphatic imine (C=N–C) groups is 1. The van der Waals surface area contributed by atoms with Crippen LogP contribution in [0.15, 0.2) is 4.99 Å². The van der Waals surface area contributed by atoms with Gasteiger partial charge < -0.3 is 31.6 Å². The SMILES string of the molecule is CCOC(=O)NC(CC1CCC(NC(=O)C2CCCC(N=C(N)N)C2)CC1)C(=O)OCC. The molecule has 0 aliphatic heterocycles. The molecule has 2 rings (SSSR count). The second kappa shape index (κ2) is 13.1. The number of nitrogens with zero attached hydrogens (tertiary/aromatic N) is 1. The van der Waals surface area contributed by atoms with E-state index in [9.17, 15) is 14.4 Å². The summed E-state index contributed by atoms with van der Waals surface area (Å²) in [6.45, 7) is 3.94. The van der Waals surface area contributed by atoms with E-state index in [0.29, 0.717) is 12.8 Å². The molecule has 10 heteroatoms. The van der Waals surface area contributed by atoms with Crippen LogP contribution in [0.4, 0.5) is 4.79 Å². The van der Waals surface area contributed by atoms with E-state index in [-0.39, 0.29) is 49.0 Å². The first-order valence-corrected chi connectivity index (χ1v) is 11.8. The van der Waals surface area contributed by atoms with Gasteiger partial charge in [0.05, 0.1) is 19.3 Å². The van der Waals surface area contributed by atoms with Crippen LogP contribution in [0.3, 0.4) is 0 Å². The maximum absolute atomic E-state index is 12.8. The fourth-order valence-electron chi connectivity index (χ4n) is 4.70. The Hall–Kier alpha value is -2.52. The average molecular weight is 454 g/mol. The van der Waals surface area contributed by atoms with Crippen molar-refractivity contribution in [3.05, 3.63) is 0 Å². The van der Waals surface area contributed by atoms with Crippen LogP contribution in [-0.4, -0.2) is 55.3 Å². The molecule has 0 spiro atoms. The monoisotopic (exact) mass is 453 g/mol. The van der Waals surface area contributed by atoms with Crippen LogP contribution in [0.5, 0.6) is 0 Å². The van der Waals surface area contributed by atoms with Crippen molar-refractivity contribution in [2.45, 2.75) is 89.8 Å². The van der Waals surface area contributed by atoms with Gasteiger partial charge in [0.2, 0.25) is 5.91 Å². The molecule has 0 heterocycles. The molecular formula is C22H39N5O5. The zero-order chi connectivity index (χ0) is 23.5. The second-order valence-electron chi connectivity index (χ2n) is 8.70. The molecule has 3 atom stereocenters. The van der Waals surface area contributed by atoms with Crippen LogP contribution in [0.25, 0.3) is 0 Å². The molecule has 2 amide bonds. The molecule has 182 valence electrons. The Morgan fingerprint density at radius 3 is 2.31 bits per heavy atom. The second-order valence-corrected chi connectivity index (χ2v) is 8.70. The van der Waals surface area contributed by atoms with Gasteiger partial charge in [0.25, 0.3) is 0 Å². The number of nitrogens with two attached hydrogens (primary N) is 2. The van der Waals surface area contributed by atoms with Crippen molar-refractivity contribution in [1.82, 2.24) is 10.6 Å². The molecule has 32 heavy (non-hydrogen) atoms. The van der Waals surface area contributed by atoms with Gasteiger partial charge in [-0.2, -0.15) is 0 Å². The summed E-state index contributed by atoms with van der Waals surface area (Å²) >= 11 is 0. The molecule has 2 aliphatic rings. The van der Waals surface area contributed by atoms with E-state index in [1.165, 1.54) is 0 Å². The van der Waals surface area contributed by atoms with Crippen molar-refractivity contribution in [3.8, 4) is 0 Å². The summed E-state index contributed by atoms with van der Waals surface area (Å²) in [6, 6.07) is -0.576. The first kappa shape index (κ1) is 25.7. The van der Waals surface area contributed by atoms with Crippen LogP contribution in [-0.2, 0) is 19.1 Å². The summed E-state index contributed by atoms with van der Waals surface area (Å²) in [5, 5.41) is 5.82. The van der Waals surface area contributed by atoms with Crippen LogP contribution in [0.1, 0.15) is 71.6 Å². The molecule has 2 fully saturated rings. The molecule has 2 saturated carbocycles. The first-order valence-electron chi connectivity index (χ1n) is 11.8. The number of amides is 2. The van der Waals surface area contributed by atoms with E-state index in [4.69, 9.17) is 20.9 Å². The Kier molecular flexibility index (Phi) is 10.6. The Bertz CT molecular complexity index is 659. The maximum atomic E-state index is 12.8. The summed E-state index contributed by atoms with van der Waals surface area (Å²) in [5.74, 6) is -0.0779. The van der Waals surface area contributed by atoms with Crippen molar-refractivity contribution in [2.75, 3.05) is 13.2 Å². The van der Waals surface area contributed by atoms with Gasteiger partial charge >= 0.3 is 12.1 Å². The lowest BCUT2D eigenvalue weighted by Gasteiger charge is -2.33. The van der Waals surface area contributed by atoms with Crippen LogP contribution in [0.2, 0.25) is 0 Å². The molecule has 0 bridgehead atoms. The molecule has 0 aromatic rings. The van der Waals surface area contributed by atoms with E-state index in [1.807, 2.05) is 0 Å². The third-order valence-electron chi connectivity index (χ3n) is 6.25. The van der Waals surface area contributed by atoms with Crippen LogP contribution >= 0.6 is 0 Å². The molecule has 0 saturated heterocycles. The maximum Gasteiger partial charge on any atom is 0.407 e. The molecule has 2 aliphatic carbocycles. The molecule has 3 unspecified atom stereocenters. The fourth-order valence-corrected chi connectivity index (χ4v) is 4.70. The number of guanidine groups is 1. The Morgan fingerprint density at radius 1 is 1.00 bits per heavy atom. The zero-order valence-corrected chi connectivity index (χ0v) is 19.3. The summed E-state index contributed by atoms with van der Waals surface area (Å²) in [5.41, 5.74) is 11.0. The van der Waals surface area contributed by atoms with Gasteiger partial charge in [-0.05, 0) is 71.1 Å². The minimum atomic E-state index is -0.722. The highest BCUT2D eigenvalue weighted by atomic mass is 16.6. The minimum absolute atomic E-state index is 0.0203. The third kappa shape index (κ3) is 8.55. The molecule has 0 aromatic heterocycles. The van der Waals surface area contributed by atoms with E-state index >= 15 is 0 Å². The molecule has 0 radical (unpaired) electrons. The van der Waals surface area contributed by atoms with Gasteiger partial charge in [-0.25, -0.2) is 9.59 Å². The van der Waals surface area contributed by atoms with Crippen LogP contribution in [0, 0.1) is 11.8 Å². The lowest BCUT2D eigenvalue weighted by atomic mass is 9.81. The topological polar surface area (TPSA) is 158 Å². The van der Waals surface area contributed by atoms with Gasteiger partial charge in [0.1, 0.15) is 6.04 Å². The highest BCUT2D eigenvalue weighted by molar-refractivity contribution is 5.81. The number of ether oxygens (including phenoxy) is 2. The number of carbonyl (C=O) groups is 3. The molecular weight excluding hydrogens is 414 g/mol. The van der Waals surface area contributed by atoms with Crippen LogP contribution < -0.4 is 22.1 Å². The number of esters is 1. The number of hydrogen-bond acceptors (Lipinski definition) is 6. The summed E-state index contributed by atoms with van der Waals surface area (Å²) in [6.07, 6.45) is 6.70. The van der Waals surface area contributed by atoms with Crippen molar-refractivity contribution >= 4 is 23.9 Å². The van der Waals surface area contributed by atoms with Gasteiger partial charge in [0.15, 0.2) is 5.96 Å². The number of carbonyl (C=O) groups excluding carboxylic acids is 3. The summed E-state index contributed by atoms with van der Waals surface area (Å²) in [7, 11) is 0. The smallest absolute Gasteiger partial charge is 0.407 e. The highest BCUT2D eigenvalue weighted by Crippen LogP contribution is 2.30. The van der Waals surface area contributed by atoms with Gasteiger partial charge in [-0.1, -0.05) is 6.42 Å². The fraction of sp³-hybridized carbons (Fsp3) is 0.818. The highest BCUT2D eigenvalue weighted by Gasteiger charge is 2.32. The third-order valence-corrected chi connectivity index (χ3v) is 6.25. The predicted octanol–water partition coefficient (Wildman–Crippen LogP) is 1.56. The van der Waals surface area contributed by atoms with Gasteiger partial charge in [0, 0.05) is 12.0 Å². The zero-order valence-electron chi connectivity index (χ0n) is 19.3. The summed E-state index contributed by atoms with van der Waals surface area (Å²) in [4.78, 5) is 41.0. The van der Waals surface area contributed by atoms with Crippen molar-refractivity contribution in [1.29, 1.82) is 0 Å². The van der Waals surface area contributed by atoms with Crippen molar-refractivity contribution in [2.24, 2.45) is 28.3 Å². The van der Waals surface area contributed by atoms with Crippen molar-refractivity contribution in [3.63, 3.8) is 0 Å². The largest absolute Gasteiger partial charge is 0.464 e. The number of alkyl carbamates (subject to hydrolysis) is 1. The van der Waals surface area contributed by atoms with E-state index in [1.54, 1.807) is 13.8 Å². The number of hydrogen-bond donors (Lipinski definition) is 4. The van der Waals surface area contributed by atoms with E-state index < -0.39 is 18.1 Å². The normalized spacial score (nSPS) is 26.3. The van der Waals surface area contributed by atoms with Gasteiger partial charge in [-0.15, -0.1) is 0 Å². The van der Waals surface area contributed by atoms with E-state index in [0.717, 1.165) is 44.9 Å². The Morgan fingerprint density at radius 2 is 1.69 bits per heavy atom. The molecule has 6 N–H and O–H groups in total. The lowest BCUT2D eigenvalue weighted by Crippen LogP contribution is -2.45. The first-order chi connectivity index (χ1) is 15.3.